The number of rotatable bonds is 3. The number of amides is 1. The third-order valence-corrected chi connectivity index (χ3v) is 2.15. The van der Waals surface area contributed by atoms with Gasteiger partial charge in [0.25, 0.3) is 0 Å². The summed E-state index contributed by atoms with van der Waals surface area (Å²) in [7, 11) is 0. The van der Waals surface area contributed by atoms with Gasteiger partial charge in [0.05, 0.1) is 0 Å². The Hall–Kier alpha value is -0.730. The standard InChI is InChI=1S/C11H21NO2.C2H6/c1-8(7-9-5-6-9)12-10(13)14-11(2,3)4;1-2/h8-9H,5-7H2,1-4H3,(H,12,13);1-2H3. The Labute approximate surface area is 99.9 Å². The first-order chi connectivity index (χ1) is 7.37. The Morgan fingerprint density at radius 2 is 1.88 bits per heavy atom. The van der Waals surface area contributed by atoms with Crippen LogP contribution in [0.5, 0.6) is 0 Å². The first-order valence-electron chi connectivity index (χ1n) is 6.36. The highest BCUT2D eigenvalue weighted by atomic mass is 16.6. The Morgan fingerprint density at radius 3 is 2.25 bits per heavy atom. The van der Waals surface area contributed by atoms with Crippen LogP contribution < -0.4 is 5.32 Å². The van der Waals surface area contributed by atoms with Crippen molar-refractivity contribution in [3.05, 3.63) is 0 Å². The van der Waals surface area contributed by atoms with Gasteiger partial charge in [-0.3, -0.25) is 0 Å². The zero-order valence-corrected chi connectivity index (χ0v) is 11.6. The van der Waals surface area contributed by atoms with Crippen LogP contribution in [0.1, 0.15) is 60.8 Å². The first kappa shape index (κ1) is 15.3. The number of carbonyl (C=O) groups is 1. The van der Waals surface area contributed by atoms with Gasteiger partial charge < -0.3 is 10.1 Å². The van der Waals surface area contributed by atoms with Crippen molar-refractivity contribution in [2.75, 3.05) is 0 Å². The molecule has 0 radical (unpaired) electrons. The summed E-state index contributed by atoms with van der Waals surface area (Å²) in [5, 5.41) is 2.85. The van der Waals surface area contributed by atoms with E-state index in [1.54, 1.807) is 0 Å². The first-order valence-corrected chi connectivity index (χ1v) is 6.36. The minimum Gasteiger partial charge on any atom is -0.444 e. The molecule has 1 saturated carbocycles. The summed E-state index contributed by atoms with van der Waals surface area (Å²) in [4.78, 5) is 11.3. The van der Waals surface area contributed by atoms with E-state index in [-0.39, 0.29) is 12.1 Å². The molecular formula is C13H27NO2. The second-order valence-corrected chi connectivity index (χ2v) is 5.23. The number of alkyl carbamates (subject to hydrolysis) is 1. The maximum Gasteiger partial charge on any atom is 0.407 e. The molecule has 1 amide bonds. The molecular weight excluding hydrogens is 202 g/mol. The minimum absolute atomic E-state index is 0.234. The van der Waals surface area contributed by atoms with E-state index in [2.05, 4.69) is 5.32 Å². The largest absolute Gasteiger partial charge is 0.444 e. The second-order valence-electron chi connectivity index (χ2n) is 5.23. The lowest BCUT2D eigenvalue weighted by Crippen LogP contribution is -2.37. The van der Waals surface area contributed by atoms with Crippen LogP contribution in [-0.4, -0.2) is 17.7 Å². The van der Waals surface area contributed by atoms with Crippen LogP contribution in [0.2, 0.25) is 0 Å². The Balaban J connectivity index is 0.00000106. The summed E-state index contributed by atoms with van der Waals surface area (Å²) < 4.78 is 5.16. The molecule has 0 aliphatic heterocycles. The van der Waals surface area contributed by atoms with Crippen LogP contribution in [0.15, 0.2) is 0 Å². The molecule has 0 heterocycles. The maximum atomic E-state index is 11.3. The molecule has 0 aromatic rings. The monoisotopic (exact) mass is 229 g/mol. The van der Waals surface area contributed by atoms with Crippen molar-refractivity contribution < 1.29 is 9.53 Å². The highest BCUT2D eigenvalue weighted by Crippen LogP contribution is 2.33. The van der Waals surface area contributed by atoms with Crippen molar-refractivity contribution >= 4 is 6.09 Å². The molecule has 0 saturated heterocycles. The molecule has 1 unspecified atom stereocenters. The third kappa shape index (κ3) is 8.57. The summed E-state index contributed by atoms with van der Waals surface area (Å²) in [6, 6.07) is 0.234. The molecule has 96 valence electrons. The van der Waals surface area contributed by atoms with Crippen molar-refractivity contribution in [3.63, 3.8) is 0 Å². The number of ether oxygens (including phenoxy) is 1. The lowest BCUT2D eigenvalue weighted by Gasteiger charge is -2.21. The maximum absolute atomic E-state index is 11.3. The minimum atomic E-state index is -0.399. The van der Waals surface area contributed by atoms with Crippen molar-refractivity contribution in [1.82, 2.24) is 5.32 Å². The van der Waals surface area contributed by atoms with E-state index < -0.39 is 5.60 Å². The van der Waals surface area contributed by atoms with Crippen molar-refractivity contribution in [2.24, 2.45) is 5.92 Å². The Bertz CT molecular complexity index is 204. The van der Waals surface area contributed by atoms with Gasteiger partial charge in [0.15, 0.2) is 0 Å². The number of carbonyl (C=O) groups excluding carboxylic acids is 1. The molecule has 1 aliphatic carbocycles. The van der Waals surface area contributed by atoms with Gasteiger partial charge in [-0.1, -0.05) is 26.7 Å². The third-order valence-electron chi connectivity index (χ3n) is 2.15. The van der Waals surface area contributed by atoms with E-state index in [9.17, 15) is 4.79 Å². The normalized spacial score (nSPS) is 16.9. The smallest absolute Gasteiger partial charge is 0.407 e. The highest BCUT2D eigenvalue weighted by Gasteiger charge is 2.25. The fraction of sp³-hybridized carbons (Fsp3) is 0.923. The predicted octanol–water partition coefficient (Wildman–Crippen LogP) is 3.73. The van der Waals surface area contributed by atoms with E-state index >= 15 is 0 Å². The highest BCUT2D eigenvalue weighted by molar-refractivity contribution is 5.68. The molecule has 3 heteroatoms. The molecule has 0 aromatic heterocycles. The van der Waals surface area contributed by atoms with Gasteiger partial charge in [0.2, 0.25) is 0 Å². The SMILES string of the molecule is CC.CC(CC1CC1)NC(=O)OC(C)(C)C. The average molecular weight is 229 g/mol. The van der Waals surface area contributed by atoms with Gasteiger partial charge in [-0.15, -0.1) is 0 Å². The van der Waals surface area contributed by atoms with Crippen LogP contribution in [-0.2, 0) is 4.74 Å². The van der Waals surface area contributed by atoms with Gasteiger partial charge >= 0.3 is 6.09 Å². The van der Waals surface area contributed by atoms with Gasteiger partial charge in [-0.05, 0) is 40.0 Å². The van der Waals surface area contributed by atoms with Crippen LogP contribution in [0, 0.1) is 5.92 Å². The van der Waals surface area contributed by atoms with E-state index in [1.165, 1.54) is 12.8 Å². The molecule has 0 bridgehead atoms. The molecule has 1 aliphatic rings. The zero-order chi connectivity index (χ0) is 12.8. The quantitative estimate of drug-likeness (QED) is 0.801. The number of hydrogen-bond acceptors (Lipinski definition) is 2. The topological polar surface area (TPSA) is 38.3 Å². The number of nitrogens with one attached hydrogen (secondary N) is 1. The zero-order valence-electron chi connectivity index (χ0n) is 11.6. The van der Waals surface area contributed by atoms with Crippen LogP contribution >= 0.6 is 0 Å². The average Bonchev–Trinajstić information content (AvgIpc) is 2.87. The lowest BCUT2D eigenvalue weighted by atomic mass is 10.1. The van der Waals surface area contributed by atoms with Gasteiger partial charge in [-0.25, -0.2) is 4.79 Å². The van der Waals surface area contributed by atoms with Gasteiger partial charge in [0, 0.05) is 6.04 Å². The van der Waals surface area contributed by atoms with E-state index in [1.807, 2.05) is 41.5 Å². The molecule has 16 heavy (non-hydrogen) atoms. The van der Waals surface area contributed by atoms with Crippen LogP contribution in [0.25, 0.3) is 0 Å². The van der Waals surface area contributed by atoms with Crippen LogP contribution in [0.4, 0.5) is 4.79 Å². The molecule has 0 aromatic carbocycles. The molecule has 3 nitrogen and oxygen atoms in total. The van der Waals surface area contributed by atoms with E-state index in [0.717, 1.165) is 12.3 Å². The van der Waals surface area contributed by atoms with Crippen LogP contribution in [0.3, 0.4) is 0 Å². The lowest BCUT2D eigenvalue weighted by molar-refractivity contribution is 0.0505. The van der Waals surface area contributed by atoms with Crippen molar-refractivity contribution in [1.29, 1.82) is 0 Å². The van der Waals surface area contributed by atoms with Crippen molar-refractivity contribution in [3.8, 4) is 0 Å². The molecule has 1 rings (SSSR count). The second kappa shape index (κ2) is 6.77. The Kier molecular flexibility index (Phi) is 6.46. The molecule has 0 spiro atoms. The number of hydrogen-bond donors (Lipinski definition) is 1. The van der Waals surface area contributed by atoms with Crippen molar-refractivity contribution in [2.45, 2.75) is 72.4 Å². The summed E-state index contributed by atoms with van der Waals surface area (Å²) in [6.45, 7) is 11.6. The van der Waals surface area contributed by atoms with E-state index in [0.29, 0.717) is 0 Å². The summed E-state index contributed by atoms with van der Waals surface area (Å²) in [5.41, 5.74) is -0.399. The van der Waals surface area contributed by atoms with Gasteiger partial charge in [-0.2, -0.15) is 0 Å². The predicted molar refractivity (Wildman–Crippen MR) is 67.5 cm³/mol. The summed E-state index contributed by atoms with van der Waals surface area (Å²) in [5.74, 6) is 0.833. The Morgan fingerprint density at radius 1 is 1.38 bits per heavy atom. The molecule has 1 N–H and O–H groups in total. The fourth-order valence-corrected chi connectivity index (χ4v) is 1.42. The van der Waals surface area contributed by atoms with Gasteiger partial charge in [0.1, 0.15) is 5.60 Å². The van der Waals surface area contributed by atoms with E-state index in [4.69, 9.17) is 4.74 Å². The fourth-order valence-electron chi connectivity index (χ4n) is 1.42. The molecule has 1 atom stereocenters. The summed E-state index contributed by atoms with van der Waals surface area (Å²) in [6.07, 6.45) is 3.42. The summed E-state index contributed by atoms with van der Waals surface area (Å²) >= 11 is 0. The molecule has 1 fully saturated rings.